The van der Waals surface area contributed by atoms with Gasteiger partial charge in [-0.3, -0.25) is 0 Å². The number of benzene rings is 2. The van der Waals surface area contributed by atoms with Gasteiger partial charge >= 0.3 is 0 Å². The second-order valence-corrected chi connectivity index (χ2v) is 6.96. The van der Waals surface area contributed by atoms with Gasteiger partial charge in [0.2, 0.25) is 0 Å². The van der Waals surface area contributed by atoms with Crippen molar-refractivity contribution >= 4 is 15.9 Å². The van der Waals surface area contributed by atoms with Crippen LogP contribution < -0.4 is 5.32 Å². The van der Waals surface area contributed by atoms with Crippen LogP contribution in [0.2, 0.25) is 0 Å². The molecule has 0 aromatic heterocycles. The van der Waals surface area contributed by atoms with Crippen LogP contribution in [0.1, 0.15) is 49.9 Å². The molecular formula is C19H24BrN. The zero-order valence-electron chi connectivity index (χ0n) is 13.3. The smallest absolute Gasteiger partial charge is 0.0585 e. The minimum Gasteiger partial charge on any atom is -0.309 e. The van der Waals surface area contributed by atoms with Crippen molar-refractivity contribution in [3.8, 4) is 0 Å². The fraction of sp³-hybridized carbons (Fsp3) is 0.368. The second-order valence-electron chi connectivity index (χ2n) is 6.10. The predicted octanol–water partition coefficient (Wildman–Crippen LogP) is 5.45. The molecule has 0 saturated heterocycles. The van der Waals surface area contributed by atoms with E-state index in [4.69, 9.17) is 0 Å². The van der Waals surface area contributed by atoms with Gasteiger partial charge in [0.1, 0.15) is 0 Å². The Bertz CT molecular complexity index is 587. The van der Waals surface area contributed by atoms with Gasteiger partial charge in [0.05, 0.1) is 6.04 Å². The first-order valence-electron chi connectivity index (χ1n) is 7.51. The molecule has 2 aromatic rings. The molecule has 2 heteroatoms. The van der Waals surface area contributed by atoms with Gasteiger partial charge in [0.25, 0.3) is 0 Å². The lowest BCUT2D eigenvalue weighted by atomic mass is 9.81. The van der Waals surface area contributed by atoms with Crippen molar-refractivity contribution in [2.24, 2.45) is 0 Å². The molecule has 0 bridgehead atoms. The second kappa shape index (κ2) is 6.76. The van der Waals surface area contributed by atoms with Crippen molar-refractivity contribution in [2.45, 2.75) is 38.6 Å². The highest BCUT2D eigenvalue weighted by molar-refractivity contribution is 9.10. The highest BCUT2D eigenvalue weighted by Gasteiger charge is 2.19. The molecule has 21 heavy (non-hydrogen) atoms. The summed E-state index contributed by atoms with van der Waals surface area (Å²) in [7, 11) is 2.01. The van der Waals surface area contributed by atoms with E-state index in [1.165, 1.54) is 16.7 Å². The lowest BCUT2D eigenvalue weighted by molar-refractivity contribution is 0.506. The van der Waals surface area contributed by atoms with Gasteiger partial charge in [0.15, 0.2) is 0 Å². The van der Waals surface area contributed by atoms with Gasteiger partial charge in [0, 0.05) is 4.47 Å². The summed E-state index contributed by atoms with van der Waals surface area (Å²) in [6.45, 7) is 6.84. The number of rotatable bonds is 5. The van der Waals surface area contributed by atoms with E-state index in [2.05, 4.69) is 84.5 Å². The first-order valence-corrected chi connectivity index (χ1v) is 8.31. The van der Waals surface area contributed by atoms with Crippen molar-refractivity contribution in [1.82, 2.24) is 5.32 Å². The lowest BCUT2D eigenvalue weighted by Crippen LogP contribution is -2.19. The van der Waals surface area contributed by atoms with Crippen LogP contribution in [0.25, 0.3) is 0 Å². The maximum atomic E-state index is 3.65. The van der Waals surface area contributed by atoms with Crippen molar-refractivity contribution in [1.29, 1.82) is 0 Å². The van der Waals surface area contributed by atoms with Gasteiger partial charge in [-0.2, -0.15) is 0 Å². The molecule has 0 spiro atoms. The molecule has 0 heterocycles. The lowest BCUT2D eigenvalue weighted by Gasteiger charge is -2.25. The van der Waals surface area contributed by atoms with Gasteiger partial charge in [-0.1, -0.05) is 79.2 Å². The van der Waals surface area contributed by atoms with Gasteiger partial charge < -0.3 is 5.32 Å². The Kier molecular flexibility index (Phi) is 5.23. The zero-order chi connectivity index (χ0) is 15.5. The van der Waals surface area contributed by atoms with E-state index in [9.17, 15) is 0 Å². The fourth-order valence-electron chi connectivity index (χ4n) is 2.54. The normalized spacial score (nSPS) is 13.2. The first-order chi connectivity index (χ1) is 9.99. The first kappa shape index (κ1) is 16.3. The average Bonchev–Trinajstić information content (AvgIpc) is 2.50. The van der Waals surface area contributed by atoms with Crippen LogP contribution in [0.5, 0.6) is 0 Å². The van der Waals surface area contributed by atoms with E-state index >= 15 is 0 Å². The number of nitrogens with one attached hydrogen (secondary N) is 1. The molecule has 1 atom stereocenters. The third-order valence-electron chi connectivity index (χ3n) is 4.41. The summed E-state index contributed by atoms with van der Waals surface area (Å²) >= 11 is 3.65. The van der Waals surface area contributed by atoms with Crippen molar-refractivity contribution in [3.05, 3.63) is 69.7 Å². The summed E-state index contributed by atoms with van der Waals surface area (Å²) in [4.78, 5) is 0. The Balaban J connectivity index is 2.34. The van der Waals surface area contributed by atoms with Crippen LogP contribution in [-0.4, -0.2) is 7.05 Å². The van der Waals surface area contributed by atoms with Crippen LogP contribution in [0.15, 0.2) is 53.0 Å². The Labute approximate surface area is 136 Å². The molecule has 0 aliphatic rings. The monoisotopic (exact) mass is 345 g/mol. The molecule has 1 N–H and O–H groups in total. The predicted molar refractivity (Wildman–Crippen MR) is 94.8 cm³/mol. The molecule has 0 aliphatic carbocycles. The number of hydrogen-bond acceptors (Lipinski definition) is 1. The summed E-state index contributed by atoms with van der Waals surface area (Å²) in [6, 6.07) is 17.6. The molecule has 2 aromatic carbocycles. The summed E-state index contributed by atoms with van der Waals surface area (Å²) in [5.74, 6) is 0. The van der Waals surface area contributed by atoms with Crippen molar-refractivity contribution < 1.29 is 0 Å². The molecule has 1 nitrogen and oxygen atoms in total. The maximum absolute atomic E-state index is 3.65. The van der Waals surface area contributed by atoms with Crippen LogP contribution in [0.3, 0.4) is 0 Å². The third kappa shape index (κ3) is 3.56. The average molecular weight is 346 g/mol. The van der Waals surface area contributed by atoms with Crippen molar-refractivity contribution in [3.63, 3.8) is 0 Å². The van der Waals surface area contributed by atoms with Crippen LogP contribution in [0, 0.1) is 0 Å². The van der Waals surface area contributed by atoms with Gasteiger partial charge in [-0.15, -0.1) is 0 Å². The Morgan fingerprint density at radius 3 is 2.19 bits per heavy atom. The highest BCUT2D eigenvalue weighted by Crippen LogP contribution is 2.31. The molecule has 0 aliphatic heterocycles. The van der Waals surface area contributed by atoms with E-state index in [0.29, 0.717) is 0 Å². The molecular weight excluding hydrogens is 322 g/mol. The van der Waals surface area contributed by atoms with E-state index in [1.54, 1.807) is 0 Å². The molecule has 0 radical (unpaired) electrons. The molecule has 0 amide bonds. The van der Waals surface area contributed by atoms with E-state index in [0.717, 1.165) is 10.9 Å². The quantitative estimate of drug-likeness (QED) is 0.760. The Morgan fingerprint density at radius 2 is 1.67 bits per heavy atom. The molecule has 0 saturated carbocycles. The zero-order valence-corrected chi connectivity index (χ0v) is 14.9. The fourth-order valence-corrected chi connectivity index (χ4v) is 3.06. The van der Waals surface area contributed by atoms with E-state index in [1.807, 2.05) is 13.1 Å². The minimum absolute atomic E-state index is 0.208. The largest absolute Gasteiger partial charge is 0.309 e. The molecule has 112 valence electrons. The third-order valence-corrected chi connectivity index (χ3v) is 5.14. The van der Waals surface area contributed by atoms with E-state index < -0.39 is 0 Å². The summed E-state index contributed by atoms with van der Waals surface area (Å²) < 4.78 is 1.14. The van der Waals surface area contributed by atoms with Gasteiger partial charge in [-0.25, -0.2) is 0 Å². The number of hydrogen-bond donors (Lipinski definition) is 1. The minimum atomic E-state index is 0.208. The Morgan fingerprint density at radius 1 is 1.05 bits per heavy atom. The van der Waals surface area contributed by atoms with Gasteiger partial charge in [-0.05, 0) is 41.6 Å². The summed E-state index contributed by atoms with van der Waals surface area (Å²) in [6.07, 6.45) is 1.14. The van der Waals surface area contributed by atoms with Crippen LogP contribution >= 0.6 is 15.9 Å². The SMILES string of the molecule is CCC(C)(C)c1ccc(C(NC)c2ccccc2Br)cc1. The molecule has 2 rings (SSSR count). The van der Waals surface area contributed by atoms with Crippen LogP contribution in [0.4, 0.5) is 0 Å². The highest BCUT2D eigenvalue weighted by atomic mass is 79.9. The summed E-state index contributed by atoms with van der Waals surface area (Å²) in [5, 5.41) is 3.42. The topological polar surface area (TPSA) is 12.0 Å². The molecule has 1 unspecified atom stereocenters. The van der Waals surface area contributed by atoms with Crippen molar-refractivity contribution in [2.75, 3.05) is 7.05 Å². The van der Waals surface area contributed by atoms with Crippen LogP contribution in [-0.2, 0) is 5.41 Å². The standard InChI is InChI=1S/C19H24BrN/c1-5-19(2,3)15-12-10-14(11-13-15)18(21-4)16-8-6-7-9-17(16)20/h6-13,18,21H,5H2,1-4H3. The summed E-state index contributed by atoms with van der Waals surface area (Å²) in [5.41, 5.74) is 4.19. The van der Waals surface area contributed by atoms with E-state index in [-0.39, 0.29) is 11.5 Å². The molecule has 0 fully saturated rings. The Hall–Kier alpha value is -1.12. The number of halogens is 1. The maximum Gasteiger partial charge on any atom is 0.0585 e.